The quantitative estimate of drug-likeness (QED) is 0.408. The van der Waals surface area contributed by atoms with Crippen LogP contribution in [-0.4, -0.2) is 41.1 Å². The molecule has 3 N–H and O–H groups in total. The van der Waals surface area contributed by atoms with Crippen LogP contribution in [0.25, 0.3) is 0 Å². The second-order valence-corrected chi connectivity index (χ2v) is 8.49. The SMILES string of the molecule is CCCCCOC(=O)NC=CCC1C[C@@H](O)[C@@H](C)CCCCc2cccc(O)c2C(=O)O1. The van der Waals surface area contributed by atoms with E-state index in [0.29, 0.717) is 19.4 Å². The molecule has 0 bridgehead atoms. The van der Waals surface area contributed by atoms with Crippen LogP contribution in [0.1, 0.15) is 81.1 Å². The normalized spacial score (nSPS) is 22.3. The molecule has 32 heavy (non-hydrogen) atoms. The summed E-state index contributed by atoms with van der Waals surface area (Å²) in [5.74, 6) is -0.611. The topological polar surface area (TPSA) is 105 Å². The van der Waals surface area contributed by atoms with Crippen molar-refractivity contribution in [3.63, 3.8) is 0 Å². The average Bonchev–Trinajstić information content (AvgIpc) is 2.76. The minimum absolute atomic E-state index is 0.0829. The monoisotopic (exact) mass is 447 g/mol. The summed E-state index contributed by atoms with van der Waals surface area (Å²) in [6, 6.07) is 5.05. The fraction of sp³-hybridized carbons (Fsp3) is 0.600. The van der Waals surface area contributed by atoms with Crippen LogP contribution in [0.3, 0.4) is 0 Å². The van der Waals surface area contributed by atoms with Gasteiger partial charge in [-0.1, -0.05) is 51.3 Å². The Bertz CT molecular complexity index is 763. The molecule has 0 fully saturated rings. The molecule has 0 spiro atoms. The largest absolute Gasteiger partial charge is 0.507 e. The van der Waals surface area contributed by atoms with Crippen LogP contribution in [0.2, 0.25) is 0 Å². The first-order chi connectivity index (χ1) is 15.4. The zero-order valence-corrected chi connectivity index (χ0v) is 19.2. The highest BCUT2D eigenvalue weighted by Crippen LogP contribution is 2.27. The minimum atomic E-state index is -0.610. The lowest BCUT2D eigenvalue weighted by molar-refractivity contribution is 0.00529. The number of unbranched alkanes of at least 4 members (excludes halogenated alkanes) is 2. The third kappa shape index (κ3) is 8.54. The number of amides is 1. The van der Waals surface area contributed by atoms with E-state index < -0.39 is 24.3 Å². The number of aliphatic hydroxyl groups excluding tert-OH is 1. The number of aryl methyl sites for hydroxylation is 1. The van der Waals surface area contributed by atoms with Crippen molar-refractivity contribution >= 4 is 12.1 Å². The van der Waals surface area contributed by atoms with E-state index in [2.05, 4.69) is 12.2 Å². The van der Waals surface area contributed by atoms with Gasteiger partial charge in [-0.05, 0) is 43.2 Å². The van der Waals surface area contributed by atoms with Crippen molar-refractivity contribution in [1.82, 2.24) is 5.32 Å². The summed E-state index contributed by atoms with van der Waals surface area (Å²) in [7, 11) is 0. The number of rotatable bonds is 7. The zero-order chi connectivity index (χ0) is 23.3. The zero-order valence-electron chi connectivity index (χ0n) is 19.2. The van der Waals surface area contributed by atoms with Gasteiger partial charge < -0.3 is 19.7 Å². The maximum Gasteiger partial charge on any atom is 0.411 e. The Hall–Kier alpha value is -2.54. The van der Waals surface area contributed by atoms with Gasteiger partial charge in [-0.3, -0.25) is 5.32 Å². The molecule has 1 aromatic carbocycles. The molecule has 178 valence electrons. The minimum Gasteiger partial charge on any atom is -0.507 e. The van der Waals surface area contributed by atoms with Gasteiger partial charge in [0, 0.05) is 19.0 Å². The lowest BCUT2D eigenvalue weighted by Crippen LogP contribution is -2.28. The maximum atomic E-state index is 12.9. The molecule has 3 atom stereocenters. The van der Waals surface area contributed by atoms with E-state index in [1.165, 1.54) is 12.3 Å². The van der Waals surface area contributed by atoms with Crippen molar-refractivity contribution in [3.8, 4) is 5.75 Å². The van der Waals surface area contributed by atoms with E-state index in [0.717, 1.165) is 44.1 Å². The van der Waals surface area contributed by atoms with Crippen LogP contribution >= 0.6 is 0 Å². The van der Waals surface area contributed by atoms with E-state index in [1.54, 1.807) is 12.1 Å². The molecule has 0 radical (unpaired) electrons. The average molecular weight is 448 g/mol. The third-order valence-electron chi connectivity index (χ3n) is 5.82. The number of hydrogen-bond donors (Lipinski definition) is 3. The number of aliphatic hydroxyl groups is 1. The molecule has 0 aromatic heterocycles. The van der Waals surface area contributed by atoms with Gasteiger partial charge in [0.15, 0.2) is 0 Å². The molecule has 2 rings (SSSR count). The number of benzene rings is 1. The van der Waals surface area contributed by atoms with Crippen LogP contribution < -0.4 is 5.32 Å². The standard InChI is InChI=1S/C25H37NO6/c1-3-4-7-16-31-25(30)26-15-9-13-20-17-22(28)18(2)10-5-6-11-19-12-8-14-21(27)23(19)24(29)32-20/h8-9,12,14-15,18,20,22,27-28H,3-7,10-11,13,16-17H2,1-2H3,(H,26,30)/t18-,20?,22+/m0/s1. The second kappa shape index (κ2) is 13.8. The predicted molar refractivity (Wildman–Crippen MR) is 122 cm³/mol. The number of ether oxygens (including phenoxy) is 2. The Kier molecular flexibility index (Phi) is 11.1. The summed E-state index contributed by atoms with van der Waals surface area (Å²) in [6.07, 6.45) is 8.23. The van der Waals surface area contributed by atoms with E-state index in [1.807, 2.05) is 13.0 Å². The third-order valence-corrected chi connectivity index (χ3v) is 5.82. The number of phenolic OH excluding ortho intramolecular Hbond substituents is 1. The summed E-state index contributed by atoms with van der Waals surface area (Å²) in [5.41, 5.74) is 0.962. The van der Waals surface area contributed by atoms with Gasteiger partial charge in [0.1, 0.15) is 17.4 Å². The number of carbonyl (C=O) groups excluding carboxylic acids is 2. The van der Waals surface area contributed by atoms with Crippen molar-refractivity contribution in [2.24, 2.45) is 5.92 Å². The first-order valence-corrected chi connectivity index (χ1v) is 11.7. The van der Waals surface area contributed by atoms with Crippen LogP contribution in [0.5, 0.6) is 5.75 Å². The number of hydrogen-bond acceptors (Lipinski definition) is 6. The first kappa shape index (κ1) is 25.7. The fourth-order valence-electron chi connectivity index (χ4n) is 3.81. The lowest BCUT2D eigenvalue weighted by atomic mass is 9.91. The van der Waals surface area contributed by atoms with Crippen LogP contribution in [-0.2, 0) is 15.9 Å². The molecule has 7 nitrogen and oxygen atoms in total. The number of phenols is 1. The number of carbonyl (C=O) groups is 2. The van der Waals surface area contributed by atoms with Gasteiger partial charge in [0.2, 0.25) is 0 Å². The molecule has 0 saturated heterocycles. The highest BCUT2D eigenvalue weighted by molar-refractivity contribution is 5.94. The van der Waals surface area contributed by atoms with Crippen molar-refractivity contribution in [3.05, 3.63) is 41.6 Å². The van der Waals surface area contributed by atoms with Crippen molar-refractivity contribution < 1.29 is 29.3 Å². The van der Waals surface area contributed by atoms with Gasteiger partial charge in [0.25, 0.3) is 0 Å². The molecule has 1 unspecified atom stereocenters. The summed E-state index contributed by atoms with van der Waals surface area (Å²) in [4.78, 5) is 24.6. The van der Waals surface area contributed by atoms with Crippen LogP contribution in [0.15, 0.2) is 30.5 Å². The van der Waals surface area contributed by atoms with Crippen LogP contribution in [0, 0.1) is 5.92 Å². The molecule has 1 aliphatic rings. The highest BCUT2D eigenvalue weighted by Gasteiger charge is 2.26. The Labute approximate surface area is 190 Å². The number of aromatic hydroxyl groups is 1. The molecule has 7 heteroatoms. The number of nitrogens with one attached hydrogen (secondary N) is 1. The second-order valence-electron chi connectivity index (χ2n) is 8.49. The van der Waals surface area contributed by atoms with Gasteiger partial charge in [-0.25, -0.2) is 9.59 Å². The molecular formula is C25H37NO6. The predicted octanol–water partition coefficient (Wildman–Crippen LogP) is 4.85. The smallest absolute Gasteiger partial charge is 0.411 e. The summed E-state index contributed by atoms with van der Waals surface area (Å²) >= 11 is 0. The molecule has 1 amide bonds. The van der Waals surface area contributed by atoms with Crippen molar-refractivity contribution in [2.45, 2.75) is 83.8 Å². The molecule has 0 saturated carbocycles. The Morgan fingerprint density at radius 1 is 1.31 bits per heavy atom. The Morgan fingerprint density at radius 3 is 2.91 bits per heavy atom. The number of cyclic esters (lactones) is 1. The van der Waals surface area contributed by atoms with Crippen LogP contribution in [0.4, 0.5) is 4.79 Å². The first-order valence-electron chi connectivity index (χ1n) is 11.7. The van der Waals surface area contributed by atoms with Gasteiger partial charge in [-0.15, -0.1) is 0 Å². The van der Waals surface area contributed by atoms with E-state index in [4.69, 9.17) is 9.47 Å². The lowest BCUT2D eigenvalue weighted by Gasteiger charge is -2.25. The Balaban J connectivity index is 2.03. The van der Waals surface area contributed by atoms with Crippen molar-refractivity contribution in [2.75, 3.05) is 6.61 Å². The van der Waals surface area contributed by atoms with Crippen molar-refractivity contribution in [1.29, 1.82) is 0 Å². The number of alkyl carbamates (subject to hydrolysis) is 1. The summed E-state index contributed by atoms with van der Waals surface area (Å²) in [5, 5.41) is 23.4. The molecule has 0 aliphatic carbocycles. The molecular weight excluding hydrogens is 410 g/mol. The summed E-state index contributed by atoms with van der Waals surface area (Å²) < 4.78 is 10.8. The highest BCUT2D eigenvalue weighted by atomic mass is 16.5. The van der Waals surface area contributed by atoms with Gasteiger partial charge >= 0.3 is 12.1 Å². The fourth-order valence-corrected chi connectivity index (χ4v) is 3.81. The number of fused-ring (bicyclic) bond motifs is 1. The molecule has 1 heterocycles. The summed E-state index contributed by atoms with van der Waals surface area (Å²) in [6.45, 7) is 4.46. The van der Waals surface area contributed by atoms with Gasteiger partial charge in [0.05, 0.1) is 12.7 Å². The Morgan fingerprint density at radius 2 is 2.12 bits per heavy atom. The molecule has 1 aliphatic heterocycles. The van der Waals surface area contributed by atoms with Gasteiger partial charge in [-0.2, -0.15) is 0 Å². The molecule has 1 aromatic rings. The van der Waals surface area contributed by atoms with E-state index in [-0.39, 0.29) is 23.7 Å². The number of esters is 1. The maximum absolute atomic E-state index is 12.9. The van der Waals surface area contributed by atoms with E-state index in [9.17, 15) is 19.8 Å². The van der Waals surface area contributed by atoms with E-state index >= 15 is 0 Å².